The minimum atomic E-state index is -0.245. The first kappa shape index (κ1) is 17.8. The Labute approximate surface area is 142 Å². The summed E-state index contributed by atoms with van der Waals surface area (Å²) in [6.45, 7) is 8.48. The molecule has 2 rings (SSSR count). The largest absolute Gasteiger partial charge is 0.340 e. The summed E-state index contributed by atoms with van der Waals surface area (Å²) >= 11 is 5.93. The molecule has 6 heteroatoms. The molecule has 23 heavy (non-hydrogen) atoms. The third kappa shape index (κ3) is 4.69. The first-order valence-electron chi connectivity index (χ1n) is 7.97. The first-order chi connectivity index (χ1) is 10.9. The molecule has 1 heterocycles. The molecule has 5 nitrogen and oxygen atoms in total. The molecule has 1 aromatic carbocycles. The highest BCUT2D eigenvalue weighted by Gasteiger charge is 2.28. The molecule has 1 aliphatic rings. The predicted molar refractivity (Wildman–Crippen MR) is 92.5 cm³/mol. The van der Waals surface area contributed by atoms with E-state index in [1.165, 1.54) is 0 Å². The van der Waals surface area contributed by atoms with Gasteiger partial charge in [-0.25, -0.2) is 0 Å². The van der Waals surface area contributed by atoms with Crippen molar-refractivity contribution < 1.29 is 9.59 Å². The third-order valence-corrected chi connectivity index (χ3v) is 4.37. The van der Waals surface area contributed by atoms with Crippen LogP contribution >= 0.6 is 11.6 Å². The van der Waals surface area contributed by atoms with Gasteiger partial charge in [0, 0.05) is 42.8 Å². The Morgan fingerprint density at radius 2 is 1.78 bits per heavy atom. The second kappa shape index (κ2) is 7.79. The van der Waals surface area contributed by atoms with Crippen LogP contribution < -0.4 is 5.32 Å². The maximum atomic E-state index is 12.4. The van der Waals surface area contributed by atoms with Crippen molar-refractivity contribution in [2.45, 2.75) is 26.8 Å². The first-order valence-corrected chi connectivity index (χ1v) is 8.35. The SMILES string of the molecule is CC(C)C(=O)N1CCN([C@H](C)C(=O)Nc2cccc(Cl)c2)CC1. The smallest absolute Gasteiger partial charge is 0.241 e. The molecule has 1 atom stereocenters. The Morgan fingerprint density at radius 1 is 1.13 bits per heavy atom. The predicted octanol–water partition coefficient (Wildman–Crippen LogP) is 2.47. The lowest BCUT2D eigenvalue weighted by molar-refractivity contribution is -0.136. The standard InChI is InChI=1S/C17H24ClN3O2/c1-12(2)17(23)21-9-7-20(8-10-21)13(3)16(22)19-15-6-4-5-14(18)11-15/h4-6,11-13H,7-10H2,1-3H3,(H,19,22)/t13-/m1/s1. The molecule has 1 N–H and O–H groups in total. The summed E-state index contributed by atoms with van der Waals surface area (Å²) in [5.41, 5.74) is 0.697. The van der Waals surface area contributed by atoms with E-state index in [1.54, 1.807) is 18.2 Å². The number of nitrogens with one attached hydrogen (secondary N) is 1. The molecule has 0 bridgehead atoms. The van der Waals surface area contributed by atoms with E-state index in [0.717, 1.165) is 0 Å². The van der Waals surface area contributed by atoms with Gasteiger partial charge in [0.25, 0.3) is 0 Å². The molecular formula is C17H24ClN3O2. The van der Waals surface area contributed by atoms with Crippen LogP contribution in [0.5, 0.6) is 0 Å². The molecule has 1 aromatic rings. The molecule has 1 aliphatic heterocycles. The third-order valence-electron chi connectivity index (χ3n) is 4.14. The van der Waals surface area contributed by atoms with Crippen molar-refractivity contribution in [1.82, 2.24) is 9.80 Å². The van der Waals surface area contributed by atoms with Crippen molar-refractivity contribution in [3.05, 3.63) is 29.3 Å². The number of hydrogen-bond donors (Lipinski definition) is 1. The number of carbonyl (C=O) groups excluding carboxylic acids is 2. The lowest BCUT2D eigenvalue weighted by atomic mass is 10.1. The summed E-state index contributed by atoms with van der Waals surface area (Å²) in [5, 5.41) is 3.48. The molecule has 2 amide bonds. The Hall–Kier alpha value is -1.59. The van der Waals surface area contributed by atoms with E-state index in [4.69, 9.17) is 11.6 Å². The van der Waals surface area contributed by atoms with Crippen LogP contribution in [0.1, 0.15) is 20.8 Å². The summed E-state index contributed by atoms with van der Waals surface area (Å²) < 4.78 is 0. The zero-order valence-corrected chi connectivity index (χ0v) is 14.6. The average Bonchev–Trinajstić information content (AvgIpc) is 2.53. The van der Waals surface area contributed by atoms with Crippen LogP contribution in [0, 0.1) is 5.92 Å². The minimum absolute atomic E-state index is 0.0186. The summed E-state index contributed by atoms with van der Waals surface area (Å²) in [6, 6.07) is 6.87. The summed E-state index contributed by atoms with van der Waals surface area (Å²) in [4.78, 5) is 28.3. The van der Waals surface area contributed by atoms with E-state index in [2.05, 4.69) is 10.2 Å². The van der Waals surface area contributed by atoms with Gasteiger partial charge in [-0.15, -0.1) is 0 Å². The Kier molecular flexibility index (Phi) is 6.02. The molecule has 0 spiro atoms. The fraction of sp³-hybridized carbons (Fsp3) is 0.529. The second-order valence-electron chi connectivity index (χ2n) is 6.19. The quantitative estimate of drug-likeness (QED) is 0.918. The van der Waals surface area contributed by atoms with Crippen molar-refractivity contribution >= 4 is 29.1 Å². The van der Waals surface area contributed by atoms with Crippen molar-refractivity contribution in [1.29, 1.82) is 0 Å². The number of rotatable bonds is 4. The fourth-order valence-electron chi connectivity index (χ4n) is 2.67. The number of hydrogen-bond acceptors (Lipinski definition) is 3. The van der Waals surface area contributed by atoms with E-state index < -0.39 is 0 Å². The van der Waals surface area contributed by atoms with Gasteiger partial charge in [-0.2, -0.15) is 0 Å². The van der Waals surface area contributed by atoms with Crippen molar-refractivity contribution in [2.75, 3.05) is 31.5 Å². The van der Waals surface area contributed by atoms with Crippen LogP contribution in [-0.4, -0.2) is 53.8 Å². The van der Waals surface area contributed by atoms with Crippen LogP contribution in [0.2, 0.25) is 5.02 Å². The van der Waals surface area contributed by atoms with Crippen molar-refractivity contribution in [3.8, 4) is 0 Å². The maximum absolute atomic E-state index is 12.4. The van der Waals surface area contributed by atoms with Gasteiger partial charge in [0.05, 0.1) is 6.04 Å². The molecule has 0 saturated carbocycles. The van der Waals surface area contributed by atoms with Crippen LogP contribution in [0.15, 0.2) is 24.3 Å². The highest BCUT2D eigenvalue weighted by molar-refractivity contribution is 6.30. The summed E-state index contributed by atoms with van der Waals surface area (Å²) in [5.74, 6) is 0.140. The van der Waals surface area contributed by atoms with E-state index in [0.29, 0.717) is 36.9 Å². The lowest BCUT2D eigenvalue weighted by Crippen LogP contribution is -2.54. The molecule has 0 aromatic heterocycles. The molecule has 0 unspecified atom stereocenters. The van der Waals surface area contributed by atoms with Crippen molar-refractivity contribution in [3.63, 3.8) is 0 Å². The molecular weight excluding hydrogens is 314 g/mol. The highest BCUT2D eigenvalue weighted by atomic mass is 35.5. The van der Waals surface area contributed by atoms with E-state index >= 15 is 0 Å². The van der Waals surface area contributed by atoms with Gasteiger partial charge < -0.3 is 10.2 Å². The van der Waals surface area contributed by atoms with E-state index in [-0.39, 0.29) is 23.8 Å². The zero-order chi connectivity index (χ0) is 17.0. The zero-order valence-electron chi connectivity index (χ0n) is 13.9. The number of carbonyl (C=O) groups is 2. The Bertz CT molecular complexity index is 569. The Morgan fingerprint density at radius 3 is 2.35 bits per heavy atom. The molecule has 0 aliphatic carbocycles. The maximum Gasteiger partial charge on any atom is 0.241 e. The number of benzene rings is 1. The Balaban J connectivity index is 1.88. The van der Waals surface area contributed by atoms with Gasteiger partial charge in [-0.1, -0.05) is 31.5 Å². The molecule has 126 valence electrons. The van der Waals surface area contributed by atoms with Gasteiger partial charge in [-0.3, -0.25) is 14.5 Å². The van der Waals surface area contributed by atoms with Crippen LogP contribution in [-0.2, 0) is 9.59 Å². The topological polar surface area (TPSA) is 52.7 Å². The van der Waals surface area contributed by atoms with E-state index in [9.17, 15) is 9.59 Å². The summed E-state index contributed by atoms with van der Waals surface area (Å²) in [6.07, 6.45) is 0. The van der Waals surface area contributed by atoms with Gasteiger partial charge in [-0.05, 0) is 25.1 Å². The lowest BCUT2D eigenvalue weighted by Gasteiger charge is -2.38. The van der Waals surface area contributed by atoms with Crippen LogP contribution in [0.25, 0.3) is 0 Å². The fourth-order valence-corrected chi connectivity index (χ4v) is 2.86. The molecule has 1 saturated heterocycles. The average molecular weight is 338 g/mol. The molecule has 1 fully saturated rings. The molecule has 0 radical (unpaired) electrons. The number of halogens is 1. The second-order valence-corrected chi connectivity index (χ2v) is 6.63. The normalized spacial score (nSPS) is 17.2. The van der Waals surface area contributed by atoms with Gasteiger partial charge >= 0.3 is 0 Å². The minimum Gasteiger partial charge on any atom is -0.340 e. The number of amides is 2. The van der Waals surface area contributed by atoms with Crippen LogP contribution in [0.4, 0.5) is 5.69 Å². The number of nitrogens with zero attached hydrogens (tertiary/aromatic N) is 2. The van der Waals surface area contributed by atoms with Gasteiger partial charge in [0.1, 0.15) is 0 Å². The van der Waals surface area contributed by atoms with Gasteiger partial charge in [0.2, 0.25) is 11.8 Å². The number of piperazine rings is 1. The van der Waals surface area contributed by atoms with Crippen molar-refractivity contribution in [2.24, 2.45) is 5.92 Å². The monoisotopic (exact) mass is 337 g/mol. The number of anilines is 1. The van der Waals surface area contributed by atoms with Gasteiger partial charge in [0.15, 0.2) is 0 Å². The van der Waals surface area contributed by atoms with E-state index in [1.807, 2.05) is 31.7 Å². The highest BCUT2D eigenvalue weighted by Crippen LogP contribution is 2.16. The van der Waals surface area contributed by atoms with Crippen LogP contribution in [0.3, 0.4) is 0 Å². The summed E-state index contributed by atoms with van der Waals surface area (Å²) in [7, 11) is 0.